The van der Waals surface area contributed by atoms with Crippen LogP contribution >= 0.6 is 0 Å². The number of rotatable bonds is 4. The highest BCUT2D eigenvalue weighted by molar-refractivity contribution is 5.81. The van der Waals surface area contributed by atoms with Gasteiger partial charge in [0.1, 0.15) is 5.82 Å². The molecule has 1 atom stereocenters. The first-order valence-corrected chi connectivity index (χ1v) is 8.76. The highest BCUT2D eigenvalue weighted by Gasteiger charge is 2.27. The summed E-state index contributed by atoms with van der Waals surface area (Å²) in [4.78, 5) is 16.9. The molecule has 5 nitrogen and oxygen atoms in total. The standard InChI is InChI=1S/C18H26FN3O2/c1-14(18(23)20-16-6-12-24-13-7-16)21-8-10-22(11-9-21)17-4-2-15(19)3-5-17/h2-5,14,16H,6-13H2,1H3,(H,20,23)/t14-/m1/s1. The van der Waals surface area contributed by atoms with E-state index in [-0.39, 0.29) is 23.8 Å². The number of nitrogens with one attached hydrogen (secondary N) is 1. The van der Waals surface area contributed by atoms with Crippen LogP contribution in [0.25, 0.3) is 0 Å². The van der Waals surface area contributed by atoms with Crippen molar-refractivity contribution in [1.82, 2.24) is 10.2 Å². The van der Waals surface area contributed by atoms with Crippen molar-refractivity contribution in [2.24, 2.45) is 0 Å². The Morgan fingerprint density at radius 3 is 2.42 bits per heavy atom. The Labute approximate surface area is 142 Å². The zero-order valence-electron chi connectivity index (χ0n) is 14.2. The van der Waals surface area contributed by atoms with Gasteiger partial charge < -0.3 is 15.0 Å². The minimum atomic E-state index is -0.212. The van der Waals surface area contributed by atoms with Crippen molar-refractivity contribution in [1.29, 1.82) is 0 Å². The average molecular weight is 335 g/mol. The number of amides is 1. The molecule has 1 N–H and O–H groups in total. The molecule has 0 radical (unpaired) electrons. The molecule has 132 valence electrons. The number of carbonyl (C=O) groups excluding carboxylic acids is 1. The Bertz CT molecular complexity index is 538. The summed E-state index contributed by atoms with van der Waals surface area (Å²) in [7, 11) is 0. The van der Waals surface area contributed by atoms with Gasteiger partial charge in [0.05, 0.1) is 6.04 Å². The van der Waals surface area contributed by atoms with Gasteiger partial charge in [-0.05, 0) is 44.0 Å². The number of nitrogens with zero attached hydrogens (tertiary/aromatic N) is 2. The largest absolute Gasteiger partial charge is 0.381 e. The minimum Gasteiger partial charge on any atom is -0.381 e. The van der Waals surface area contributed by atoms with Crippen molar-refractivity contribution >= 4 is 11.6 Å². The van der Waals surface area contributed by atoms with E-state index in [4.69, 9.17) is 4.74 Å². The molecule has 2 heterocycles. The molecular formula is C18H26FN3O2. The van der Waals surface area contributed by atoms with Crippen LogP contribution in [0.5, 0.6) is 0 Å². The number of halogens is 1. The van der Waals surface area contributed by atoms with Crippen LogP contribution < -0.4 is 10.2 Å². The molecule has 2 aliphatic rings. The maximum absolute atomic E-state index is 13.0. The van der Waals surface area contributed by atoms with Gasteiger partial charge in [-0.25, -0.2) is 4.39 Å². The highest BCUT2D eigenvalue weighted by Crippen LogP contribution is 2.18. The van der Waals surface area contributed by atoms with Crippen LogP contribution in [0, 0.1) is 5.82 Å². The Morgan fingerprint density at radius 2 is 1.79 bits per heavy atom. The molecule has 2 aliphatic heterocycles. The molecule has 2 saturated heterocycles. The molecule has 1 aromatic rings. The second-order valence-electron chi connectivity index (χ2n) is 6.57. The summed E-state index contributed by atoms with van der Waals surface area (Å²) in [5.74, 6) is -0.104. The molecule has 0 unspecified atom stereocenters. The predicted molar refractivity (Wildman–Crippen MR) is 91.6 cm³/mol. The van der Waals surface area contributed by atoms with Crippen LogP contribution in [0.3, 0.4) is 0 Å². The van der Waals surface area contributed by atoms with Crippen molar-refractivity contribution in [3.63, 3.8) is 0 Å². The molecular weight excluding hydrogens is 309 g/mol. The first-order valence-electron chi connectivity index (χ1n) is 8.76. The van der Waals surface area contributed by atoms with E-state index in [0.717, 1.165) is 57.9 Å². The van der Waals surface area contributed by atoms with E-state index in [9.17, 15) is 9.18 Å². The Balaban J connectivity index is 1.48. The number of piperazine rings is 1. The number of hydrogen-bond donors (Lipinski definition) is 1. The molecule has 2 fully saturated rings. The zero-order valence-corrected chi connectivity index (χ0v) is 14.2. The monoisotopic (exact) mass is 335 g/mol. The van der Waals surface area contributed by atoms with Gasteiger partial charge in [-0.3, -0.25) is 9.69 Å². The normalized spacial score (nSPS) is 21.5. The van der Waals surface area contributed by atoms with Crippen LogP contribution in [0.15, 0.2) is 24.3 Å². The van der Waals surface area contributed by atoms with E-state index in [0.29, 0.717) is 0 Å². The SMILES string of the molecule is C[C@H](C(=O)NC1CCOCC1)N1CCN(c2ccc(F)cc2)CC1. The highest BCUT2D eigenvalue weighted by atomic mass is 19.1. The Kier molecular flexibility index (Phi) is 5.68. The number of benzene rings is 1. The molecule has 3 rings (SSSR count). The summed E-state index contributed by atoms with van der Waals surface area (Å²) in [6.07, 6.45) is 1.80. The molecule has 0 aromatic heterocycles. The predicted octanol–water partition coefficient (Wildman–Crippen LogP) is 1.63. The summed E-state index contributed by atoms with van der Waals surface area (Å²) < 4.78 is 18.4. The van der Waals surface area contributed by atoms with Crippen molar-refractivity contribution in [3.05, 3.63) is 30.1 Å². The van der Waals surface area contributed by atoms with E-state index in [2.05, 4.69) is 15.1 Å². The van der Waals surface area contributed by atoms with Crippen molar-refractivity contribution < 1.29 is 13.9 Å². The number of carbonyl (C=O) groups is 1. The fourth-order valence-corrected chi connectivity index (χ4v) is 3.35. The minimum absolute atomic E-state index is 0.108. The summed E-state index contributed by atoms with van der Waals surface area (Å²) >= 11 is 0. The summed E-state index contributed by atoms with van der Waals surface area (Å²) in [5.41, 5.74) is 1.04. The third-order valence-electron chi connectivity index (χ3n) is 5.00. The first-order chi connectivity index (χ1) is 11.6. The lowest BCUT2D eigenvalue weighted by Crippen LogP contribution is -2.55. The summed E-state index contributed by atoms with van der Waals surface area (Å²) in [6.45, 7) is 6.80. The Morgan fingerprint density at radius 1 is 1.17 bits per heavy atom. The first kappa shape index (κ1) is 17.2. The van der Waals surface area contributed by atoms with Gasteiger partial charge in [0.25, 0.3) is 0 Å². The number of anilines is 1. The van der Waals surface area contributed by atoms with Gasteiger partial charge in [-0.2, -0.15) is 0 Å². The maximum atomic E-state index is 13.0. The lowest BCUT2D eigenvalue weighted by Gasteiger charge is -2.39. The van der Waals surface area contributed by atoms with Gasteiger partial charge in [-0.1, -0.05) is 0 Å². The van der Waals surface area contributed by atoms with Crippen LogP contribution in [0.4, 0.5) is 10.1 Å². The molecule has 0 bridgehead atoms. The van der Waals surface area contributed by atoms with Gasteiger partial charge in [0, 0.05) is 51.1 Å². The third kappa shape index (κ3) is 4.24. The van der Waals surface area contributed by atoms with Gasteiger partial charge in [-0.15, -0.1) is 0 Å². The molecule has 0 spiro atoms. The topological polar surface area (TPSA) is 44.8 Å². The Hall–Kier alpha value is -1.66. The van der Waals surface area contributed by atoms with E-state index in [1.54, 1.807) is 0 Å². The summed E-state index contributed by atoms with van der Waals surface area (Å²) in [5, 5.41) is 3.15. The van der Waals surface area contributed by atoms with Crippen molar-refractivity contribution in [2.45, 2.75) is 31.8 Å². The van der Waals surface area contributed by atoms with Gasteiger partial charge >= 0.3 is 0 Å². The number of ether oxygens (including phenoxy) is 1. The van der Waals surface area contributed by atoms with Crippen molar-refractivity contribution in [3.8, 4) is 0 Å². The molecule has 24 heavy (non-hydrogen) atoms. The number of hydrogen-bond acceptors (Lipinski definition) is 4. The molecule has 0 saturated carbocycles. The lowest BCUT2D eigenvalue weighted by molar-refractivity contribution is -0.127. The summed E-state index contributed by atoms with van der Waals surface area (Å²) in [6, 6.07) is 6.73. The fraction of sp³-hybridized carbons (Fsp3) is 0.611. The molecule has 1 aromatic carbocycles. The molecule has 0 aliphatic carbocycles. The van der Waals surface area contributed by atoms with Crippen LogP contribution in [-0.2, 0) is 9.53 Å². The molecule has 1 amide bonds. The van der Waals surface area contributed by atoms with Crippen LogP contribution in [-0.4, -0.2) is 62.3 Å². The van der Waals surface area contributed by atoms with Crippen LogP contribution in [0.1, 0.15) is 19.8 Å². The van der Waals surface area contributed by atoms with E-state index < -0.39 is 0 Å². The fourth-order valence-electron chi connectivity index (χ4n) is 3.35. The van der Waals surface area contributed by atoms with E-state index in [1.807, 2.05) is 19.1 Å². The van der Waals surface area contributed by atoms with Gasteiger partial charge in [0.15, 0.2) is 0 Å². The zero-order chi connectivity index (χ0) is 16.9. The van der Waals surface area contributed by atoms with E-state index in [1.165, 1.54) is 12.1 Å². The quantitative estimate of drug-likeness (QED) is 0.908. The second kappa shape index (κ2) is 7.94. The lowest BCUT2D eigenvalue weighted by atomic mass is 10.1. The van der Waals surface area contributed by atoms with Crippen molar-refractivity contribution in [2.75, 3.05) is 44.3 Å². The average Bonchev–Trinajstić information content (AvgIpc) is 2.63. The maximum Gasteiger partial charge on any atom is 0.237 e. The molecule has 6 heteroatoms. The third-order valence-corrected chi connectivity index (χ3v) is 5.00. The second-order valence-corrected chi connectivity index (χ2v) is 6.57. The van der Waals surface area contributed by atoms with E-state index >= 15 is 0 Å². The van der Waals surface area contributed by atoms with Crippen LogP contribution in [0.2, 0.25) is 0 Å². The van der Waals surface area contributed by atoms with Gasteiger partial charge in [0.2, 0.25) is 5.91 Å². The smallest absolute Gasteiger partial charge is 0.237 e.